The van der Waals surface area contributed by atoms with E-state index < -0.39 is 0 Å². The van der Waals surface area contributed by atoms with Crippen molar-refractivity contribution in [3.63, 3.8) is 0 Å². The van der Waals surface area contributed by atoms with Gasteiger partial charge >= 0.3 is 0 Å². The van der Waals surface area contributed by atoms with E-state index in [0.29, 0.717) is 12.5 Å². The lowest BCUT2D eigenvalue weighted by Crippen LogP contribution is -2.01. The van der Waals surface area contributed by atoms with Gasteiger partial charge in [0.25, 0.3) is 0 Å². The third-order valence-electron chi connectivity index (χ3n) is 2.72. The summed E-state index contributed by atoms with van der Waals surface area (Å²) in [7, 11) is 0. The van der Waals surface area contributed by atoms with Crippen LogP contribution in [-0.2, 0) is 6.54 Å². The molecule has 0 aliphatic rings. The van der Waals surface area contributed by atoms with Gasteiger partial charge in [0, 0.05) is 17.1 Å². The molecule has 3 nitrogen and oxygen atoms in total. The number of aromatic nitrogens is 1. The van der Waals surface area contributed by atoms with Crippen LogP contribution in [0.2, 0.25) is 0 Å². The summed E-state index contributed by atoms with van der Waals surface area (Å²) < 4.78 is 6.43. The van der Waals surface area contributed by atoms with Crippen LogP contribution in [0.5, 0.6) is 5.88 Å². The number of rotatable bonds is 5. The molecule has 0 unspecified atom stereocenters. The number of hydrogen-bond donors (Lipinski definition) is 1. The second-order valence-corrected chi connectivity index (χ2v) is 5.12. The first-order valence-electron chi connectivity index (χ1n) is 6.27. The quantitative estimate of drug-likeness (QED) is 0.898. The van der Waals surface area contributed by atoms with Gasteiger partial charge in [-0.05, 0) is 37.1 Å². The molecule has 0 radical (unpaired) electrons. The number of halogens is 1. The molecule has 100 valence electrons. The van der Waals surface area contributed by atoms with E-state index in [1.165, 1.54) is 11.1 Å². The smallest absolute Gasteiger partial charge is 0.213 e. The van der Waals surface area contributed by atoms with E-state index in [1.54, 1.807) is 6.20 Å². The van der Waals surface area contributed by atoms with Gasteiger partial charge in [0.15, 0.2) is 0 Å². The Kier molecular flexibility index (Phi) is 4.80. The van der Waals surface area contributed by atoms with Gasteiger partial charge in [0.2, 0.25) is 5.88 Å². The Bertz CT molecular complexity index is 540. The van der Waals surface area contributed by atoms with Gasteiger partial charge in [0.05, 0.1) is 18.5 Å². The highest BCUT2D eigenvalue weighted by Gasteiger charge is 2.01. The van der Waals surface area contributed by atoms with Gasteiger partial charge in [-0.1, -0.05) is 28.1 Å². The molecule has 1 aromatic heterocycles. The molecule has 1 heterocycles. The molecule has 19 heavy (non-hydrogen) atoms. The average molecular weight is 321 g/mol. The molecular formula is C15H17BrN2O. The number of nitrogens with zero attached hydrogens (tertiary/aromatic N) is 1. The first-order chi connectivity index (χ1) is 9.19. The lowest BCUT2D eigenvalue weighted by molar-refractivity contribution is 0.327. The van der Waals surface area contributed by atoms with Crippen LogP contribution in [0.1, 0.15) is 18.1 Å². The van der Waals surface area contributed by atoms with Gasteiger partial charge < -0.3 is 10.1 Å². The van der Waals surface area contributed by atoms with Crippen molar-refractivity contribution in [2.75, 3.05) is 11.9 Å². The predicted molar refractivity (Wildman–Crippen MR) is 81.6 cm³/mol. The molecule has 0 atom stereocenters. The first-order valence-corrected chi connectivity index (χ1v) is 7.06. The summed E-state index contributed by atoms with van der Waals surface area (Å²) in [5.74, 6) is 0.657. The van der Waals surface area contributed by atoms with Gasteiger partial charge in [-0.25, -0.2) is 4.98 Å². The van der Waals surface area contributed by atoms with Crippen molar-refractivity contribution < 1.29 is 4.74 Å². The van der Waals surface area contributed by atoms with Crippen LogP contribution >= 0.6 is 15.9 Å². The number of aryl methyl sites for hydroxylation is 1. The highest BCUT2D eigenvalue weighted by atomic mass is 79.9. The number of pyridine rings is 1. The number of benzene rings is 1. The standard InChI is InChI=1S/C15H17BrN2O/c1-3-19-15-7-6-13(10-18-15)17-9-12-5-4-11(2)8-14(12)16/h4-8,10,17H,3,9H2,1-2H3. The van der Waals surface area contributed by atoms with Crippen molar-refractivity contribution >= 4 is 21.6 Å². The zero-order valence-electron chi connectivity index (χ0n) is 11.1. The van der Waals surface area contributed by atoms with E-state index in [2.05, 4.69) is 51.4 Å². The largest absolute Gasteiger partial charge is 0.478 e. The van der Waals surface area contributed by atoms with Gasteiger partial charge in [-0.15, -0.1) is 0 Å². The Labute approximate surface area is 122 Å². The van der Waals surface area contributed by atoms with Crippen LogP contribution in [-0.4, -0.2) is 11.6 Å². The number of ether oxygens (including phenoxy) is 1. The minimum Gasteiger partial charge on any atom is -0.478 e. The van der Waals surface area contributed by atoms with Crippen molar-refractivity contribution in [1.29, 1.82) is 0 Å². The lowest BCUT2D eigenvalue weighted by Gasteiger charge is -2.09. The second-order valence-electron chi connectivity index (χ2n) is 4.27. The molecule has 1 aromatic carbocycles. The van der Waals surface area contributed by atoms with Crippen LogP contribution in [0.4, 0.5) is 5.69 Å². The summed E-state index contributed by atoms with van der Waals surface area (Å²) in [5, 5.41) is 3.34. The topological polar surface area (TPSA) is 34.1 Å². The highest BCUT2D eigenvalue weighted by Crippen LogP contribution is 2.20. The van der Waals surface area contributed by atoms with Crippen LogP contribution in [0.15, 0.2) is 41.0 Å². The predicted octanol–water partition coefficient (Wildman–Crippen LogP) is 4.16. The van der Waals surface area contributed by atoms with Crippen molar-refractivity contribution in [1.82, 2.24) is 4.98 Å². The number of hydrogen-bond acceptors (Lipinski definition) is 3. The van der Waals surface area contributed by atoms with Gasteiger partial charge in [-0.3, -0.25) is 0 Å². The molecule has 1 N–H and O–H groups in total. The fourth-order valence-electron chi connectivity index (χ4n) is 1.71. The van der Waals surface area contributed by atoms with Crippen LogP contribution in [0.25, 0.3) is 0 Å². The molecule has 0 fully saturated rings. The van der Waals surface area contributed by atoms with E-state index in [0.717, 1.165) is 16.7 Å². The maximum absolute atomic E-state index is 5.31. The molecule has 0 saturated heterocycles. The normalized spacial score (nSPS) is 10.3. The maximum atomic E-state index is 5.31. The summed E-state index contributed by atoms with van der Waals surface area (Å²) in [6.45, 7) is 5.42. The maximum Gasteiger partial charge on any atom is 0.213 e. The van der Waals surface area contributed by atoms with Crippen LogP contribution < -0.4 is 10.1 Å². The van der Waals surface area contributed by atoms with E-state index in [4.69, 9.17) is 4.74 Å². The Morgan fingerprint density at radius 1 is 1.26 bits per heavy atom. The van der Waals surface area contributed by atoms with Crippen molar-refractivity contribution in [2.45, 2.75) is 20.4 Å². The Balaban J connectivity index is 1.98. The van der Waals surface area contributed by atoms with Crippen molar-refractivity contribution in [3.05, 3.63) is 52.1 Å². The first kappa shape index (κ1) is 13.9. The Morgan fingerprint density at radius 3 is 2.74 bits per heavy atom. The summed E-state index contributed by atoms with van der Waals surface area (Å²) in [6, 6.07) is 10.2. The average Bonchev–Trinajstić information content (AvgIpc) is 2.40. The van der Waals surface area contributed by atoms with Crippen molar-refractivity contribution in [3.8, 4) is 5.88 Å². The summed E-state index contributed by atoms with van der Waals surface area (Å²) >= 11 is 3.58. The van der Waals surface area contributed by atoms with Gasteiger partial charge in [-0.2, -0.15) is 0 Å². The van der Waals surface area contributed by atoms with E-state index in [9.17, 15) is 0 Å². The van der Waals surface area contributed by atoms with Gasteiger partial charge in [0.1, 0.15) is 0 Å². The molecule has 0 aliphatic heterocycles. The minimum absolute atomic E-state index is 0.635. The Hall–Kier alpha value is -1.55. The number of nitrogens with one attached hydrogen (secondary N) is 1. The van der Waals surface area contributed by atoms with E-state index >= 15 is 0 Å². The number of anilines is 1. The van der Waals surface area contributed by atoms with E-state index in [1.807, 2.05) is 19.1 Å². The molecule has 0 aliphatic carbocycles. The molecular weight excluding hydrogens is 304 g/mol. The minimum atomic E-state index is 0.635. The summed E-state index contributed by atoms with van der Waals surface area (Å²) in [6.07, 6.45) is 1.78. The molecule has 2 rings (SSSR count). The molecule has 0 bridgehead atoms. The van der Waals surface area contributed by atoms with Crippen molar-refractivity contribution in [2.24, 2.45) is 0 Å². The van der Waals surface area contributed by atoms with E-state index in [-0.39, 0.29) is 0 Å². The summed E-state index contributed by atoms with van der Waals surface area (Å²) in [5.41, 5.74) is 3.45. The SMILES string of the molecule is CCOc1ccc(NCc2ccc(C)cc2Br)cn1. The summed E-state index contributed by atoms with van der Waals surface area (Å²) in [4.78, 5) is 4.22. The molecule has 0 spiro atoms. The van der Waals surface area contributed by atoms with Crippen LogP contribution in [0.3, 0.4) is 0 Å². The molecule has 4 heteroatoms. The molecule has 0 saturated carbocycles. The monoisotopic (exact) mass is 320 g/mol. The molecule has 0 amide bonds. The molecule has 2 aromatic rings. The fourth-order valence-corrected chi connectivity index (χ4v) is 2.34. The third kappa shape index (κ3) is 3.96. The van der Waals surface area contributed by atoms with Crippen LogP contribution in [0, 0.1) is 6.92 Å². The zero-order valence-corrected chi connectivity index (χ0v) is 12.7. The fraction of sp³-hybridized carbons (Fsp3) is 0.267. The third-order valence-corrected chi connectivity index (χ3v) is 3.46. The lowest BCUT2D eigenvalue weighted by atomic mass is 10.1. The Morgan fingerprint density at radius 2 is 2.11 bits per heavy atom. The second kappa shape index (κ2) is 6.57. The zero-order chi connectivity index (χ0) is 13.7. The highest BCUT2D eigenvalue weighted by molar-refractivity contribution is 9.10.